The standard InChI is InChI=1S/C46H28N6/c1-4-13-29(14-5-1)43-48-44(30-15-6-2-7-16-30)50-45(49-43)31-23-25-33(26-24-31)51-38-22-12-20-35-34-19-10-11-21-37(34)52-42-36(27-28-39(51)41(42)40(35)38)47-46(52)32-17-8-3-9-18-32/h1-28H. The van der Waals surface area contributed by atoms with Crippen molar-refractivity contribution in [1.29, 1.82) is 0 Å². The van der Waals surface area contributed by atoms with E-state index in [1.165, 1.54) is 21.5 Å². The van der Waals surface area contributed by atoms with E-state index in [-0.39, 0.29) is 0 Å². The molecule has 0 aliphatic rings. The molecule has 0 aliphatic heterocycles. The SMILES string of the molecule is c1ccc(-c2nc(-c3ccccc3)nc(-c3ccc(-n4c5cccc6c7ccccc7n7c(-c8ccccc8)nc8ccc4c(c65)c87)cc3)n2)cc1. The zero-order chi connectivity index (χ0) is 34.2. The molecule has 0 fully saturated rings. The minimum Gasteiger partial charge on any atom is -0.309 e. The molecule has 0 bridgehead atoms. The van der Waals surface area contributed by atoms with Gasteiger partial charge in [0.1, 0.15) is 5.82 Å². The summed E-state index contributed by atoms with van der Waals surface area (Å²) >= 11 is 0. The van der Waals surface area contributed by atoms with Crippen molar-refractivity contribution >= 4 is 49.1 Å². The number of fused-ring (bicyclic) bond motifs is 3. The molecule has 4 aromatic heterocycles. The molecule has 11 aromatic rings. The number of nitrogens with zero attached hydrogens (tertiary/aromatic N) is 6. The summed E-state index contributed by atoms with van der Waals surface area (Å²) in [5.74, 6) is 2.87. The predicted molar refractivity (Wildman–Crippen MR) is 211 cm³/mol. The first kappa shape index (κ1) is 28.6. The fraction of sp³-hybridized carbons (Fsp3) is 0. The fourth-order valence-corrected chi connectivity index (χ4v) is 7.82. The monoisotopic (exact) mass is 664 g/mol. The molecule has 4 heterocycles. The Bertz CT molecular complexity index is 3030. The van der Waals surface area contributed by atoms with Gasteiger partial charge in [-0.2, -0.15) is 0 Å². The molecule has 0 unspecified atom stereocenters. The van der Waals surface area contributed by atoms with Crippen LogP contribution in [0.25, 0.3) is 100 Å². The highest BCUT2D eigenvalue weighted by Crippen LogP contribution is 2.43. The van der Waals surface area contributed by atoms with Gasteiger partial charge >= 0.3 is 0 Å². The molecule has 6 heteroatoms. The first-order chi connectivity index (χ1) is 25.8. The average molecular weight is 665 g/mol. The van der Waals surface area contributed by atoms with Crippen LogP contribution in [0.4, 0.5) is 0 Å². The highest BCUT2D eigenvalue weighted by molar-refractivity contribution is 6.30. The van der Waals surface area contributed by atoms with Gasteiger partial charge in [0.15, 0.2) is 17.5 Å². The number of para-hydroxylation sites is 1. The quantitative estimate of drug-likeness (QED) is 0.184. The number of benzene rings is 7. The number of hydrogen-bond donors (Lipinski definition) is 0. The Hall–Kier alpha value is -7.18. The summed E-state index contributed by atoms with van der Waals surface area (Å²) in [6.07, 6.45) is 0. The Morgan fingerprint density at radius 3 is 1.52 bits per heavy atom. The minimum absolute atomic E-state index is 0.633. The number of rotatable bonds is 5. The Kier molecular flexibility index (Phi) is 6.15. The molecule has 0 aliphatic carbocycles. The second-order valence-electron chi connectivity index (χ2n) is 13.1. The van der Waals surface area contributed by atoms with Gasteiger partial charge in [-0.05, 0) is 53.9 Å². The normalized spacial score (nSPS) is 11.8. The van der Waals surface area contributed by atoms with Crippen LogP contribution in [0.1, 0.15) is 0 Å². The third-order valence-electron chi connectivity index (χ3n) is 10.1. The van der Waals surface area contributed by atoms with Crippen LogP contribution in [-0.2, 0) is 0 Å². The largest absolute Gasteiger partial charge is 0.309 e. The maximum Gasteiger partial charge on any atom is 0.164 e. The summed E-state index contributed by atoms with van der Waals surface area (Å²) in [7, 11) is 0. The van der Waals surface area contributed by atoms with Gasteiger partial charge in [0.05, 0.1) is 27.6 Å². The van der Waals surface area contributed by atoms with Crippen LogP contribution >= 0.6 is 0 Å². The molecule has 11 rings (SSSR count). The first-order valence-electron chi connectivity index (χ1n) is 17.4. The van der Waals surface area contributed by atoms with Gasteiger partial charge in [-0.1, -0.05) is 121 Å². The van der Waals surface area contributed by atoms with Gasteiger partial charge in [-0.15, -0.1) is 0 Å². The fourth-order valence-electron chi connectivity index (χ4n) is 7.82. The van der Waals surface area contributed by atoms with Crippen LogP contribution in [0, 0.1) is 0 Å². The van der Waals surface area contributed by atoms with Crippen molar-refractivity contribution in [3.63, 3.8) is 0 Å². The lowest BCUT2D eigenvalue weighted by Crippen LogP contribution is -2.00. The van der Waals surface area contributed by atoms with E-state index < -0.39 is 0 Å². The van der Waals surface area contributed by atoms with Crippen molar-refractivity contribution in [2.75, 3.05) is 0 Å². The van der Waals surface area contributed by atoms with E-state index in [1.807, 2.05) is 60.7 Å². The third kappa shape index (κ3) is 4.25. The summed E-state index contributed by atoms with van der Waals surface area (Å²) in [5, 5.41) is 4.84. The Morgan fingerprint density at radius 1 is 0.346 bits per heavy atom. The lowest BCUT2D eigenvalue weighted by molar-refractivity contribution is 1.07. The van der Waals surface area contributed by atoms with Crippen LogP contribution in [0.5, 0.6) is 0 Å². The second-order valence-corrected chi connectivity index (χ2v) is 13.1. The maximum atomic E-state index is 5.26. The van der Waals surface area contributed by atoms with Crippen LogP contribution in [-0.4, -0.2) is 28.9 Å². The summed E-state index contributed by atoms with van der Waals surface area (Å²) < 4.78 is 4.74. The number of imidazole rings is 1. The van der Waals surface area contributed by atoms with E-state index in [1.54, 1.807) is 0 Å². The molecule has 0 saturated carbocycles. The maximum absolute atomic E-state index is 5.26. The van der Waals surface area contributed by atoms with Crippen LogP contribution in [0.15, 0.2) is 170 Å². The van der Waals surface area contributed by atoms with Gasteiger partial charge in [-0.3, -0.25) is 4.40 Å². The molecule has 6 nitrogen and oxygen atoms in total. The van der Waals surface area contributed by atoms with Crippen LogP contribution in [0.2, 0.25) is 0 Å². The highest BCUT2D eigenvalue weighted by atomic mass is 15.1. The first-order valence-corrected chi connectivity index (χ1v) is 17.4. The van der Waals surface area contributed by atoms with Gasteiger partial charge in [0.2, 0.25) is 0 Å². The summed E-state index contributed by atoms with van der Waals surface area (Å²) in [6, 6.07) is 59.0. The van der Waals surface area contributed by atoms with Crippen molar-refractivity contribution in [2.45, 2.75) is 0 Å². The molecule has 0 atom stereocenters. The summed E-state index contributed by atoms with van der Waals surface area (Å²) in [6.45, 7) is 0. The van der Waals surface area contributed by atoms with E-state index in [9.17, 15) is 0 Å². The second kappa shape index (κ2) is 11.2. The van der Waals surface area contributed by atoms with Crippen LogP contribution in [0.3, 0.4) is 0 Å². The molecule has 0 radical (unpaired) electrons. The van der Waals surface area contributed by atoms with E-state index in [0.29, 0.717) is 17.5 Å². The molecule has 0 N–H and O–H groups in total. The smallest absolute Gasteiger partial charge is 0.164 e. The Labute approximate surface area is 298 Å². The number of hydrogen-bond acceptors (Lipinski definition) is 4. The highest BCUT2D eigenvalue weighted by Gasteiger charge is 2.23. The minimum atomic E-state index is 0.633. The van der Waals surface area contributed by atoms with E-state index in [2.05, 4.69) is 118 Å². The van der Waals surface area contributed by atoms with Crippen molar-refractivity contribution in [1.82, 2.24) is 28.9 Å². The zero-order valence-electron chi connectivity index (χ0n) is 27.8. The van der Waals surface area contributed by atoms with Gasteiger partial charge in [-0.25, -0.2) is 19.9 Å². The van der Waals surface area contributed by atoms with Gasteiger partial charge in [0, 0.05) is 44.1 Å². The topological polar surface area (TPSA) is 60.9 Å². The van der Waals surface area contributed by atoms with E-state index >= 15 is 0 Å². The zero-order valence-corrected chi connectivity index (χ0v) is 27.8. The van der Waals surface area contributed by atoms with Gasteiger partial charge in [0.25, 0.3) is 0 Å². The van der Waals surface area contributed by atoms with Crippen molar-refractivity contribution in [2.24, 2.45) is 0 Å². The third-order valence-corrected chi connectivity index (χ3v) is 10.1. The predicted octanol–water partition coefficient (Wildman–Crippen LogP) is 11.0. The van der Waals surface area contributed by atoms with Crippen LogP contribution < -0.4 is 0 Å². The lowest BCUT2D eigenvalue weighted by atomic mass is 10.1. The van der Waals surface area contributed by atoms with Crippen molar-refractivity contribution < 1.29 is 0 Å². The molecule has 7 aromatic carbocycles. The summed E-state index contributed by atoms with van der Waals surface area (Å²) in [4.78, 5) is 20.1. The van der Waals surface area contributed by atoms with E-state index in [0.717, 1.165) is 61.3 Å². The lowest BCUT2D eigenvalue weighted by Gasteiger charge is -2.11. The molecule has 0 spiro atoms. The molecular formula is C46H28N6. The number of aromatic nitrogens is 6. The van der Waals surface area contributed by atoms with Gasteiger partial charge < -0.3 is 4.57 Å². The Morgan fingerprint density at radius 2 is 0.865 bits per heavy atom. The molecule has 52 heavy (non-hydrogen) atoms. The van der Waals surface area contributed by atoms with Crippen molar-refractivity contribution in [3.05, 3.63) is 170 Å². The van der Waals surface area contributed by atoms with Crippen molar-refractivity contribution in [3.8, 4) is 51.2 Å². The molecule has 0 saturated heterocycles. The Balaban J connectivity index is 1.14. The summed E-state index contributed by atoms with van der Waals surface area (Å²) in [5.41, 5.74) is 10.5. The molecule has 242 valence electrons. The average Bonchev–Trinajstić information content (AvgIpc) is 3.74. The van der Waals surface area contributed by atoms with E-state index in [4.69, 9.17) is 19.9 Å². The molecular weight excluding hydrogens is 637 g/mol. The molecule has 0 amide bonds.